The number of nitrogens with zero attached hydrogens (tertiary/aromatic N) is 2. The Morgan fingerprint density at radius 3 is 2.88 bits per heavy atom. The van der Waals surface area contributed by atoms with Crippen molar-refractivity contribution in [1.82, 2.24) is 15.5 Å². The summed E-state index contributed by atoms with van der Waals surface area (Å²) in [5.74, 6) is 0.821. The molecule has 24 heavy (non-hydrogen) atoms. The highest BCUT2D eigenvalue weighted by Gasteiger charge is 2.31. The van der Waals surface area contributed by atoms with Gasteiger partial charge in [0.25, 0.3) is 0 Å². The summed E-state index contributed by atoms with van der Waals surface area (Å²) in [7, 11) is 0. The van der Waals surface area contributed by atoms with Gasteiger partial charge in [0.2, 0.25) is 11.8 Å². The fraction of sp³-hybridized carbons (Fsp3) is 0.471. The van der Waals surface area contributed by atoms with E-state index in [9.17, 15) is 4.79 Å². The molecular weight excluding hydrogens is 308 g/mol. The van der Waals surface area contributed by atoms with Gasteiger partial charge in [-0.3, -0.25) is 4.79 Å². The predicted octanol–water partition coefficient (Wildman–Crippen LogP) is 1.34. The van der Waals surface area contributed by atoms with Gasteiger partial charge in [-0.1, -0.05) is 35.5 Å². The molecule has 1 aliphatic rings. The monoisotopic (exact) mass is 330 g/mol. The Bertz CT molecular complexity index is 673. The van der Waals surface area contributed by atoms with Crippen LogP contribution in [0.2, 0.25) is 0 Å². The third-order valence-electron chi connectivity index (χ3n) is 4.08. The number of nitrogens with one attached hydrogen (secondary N) is 1. The highest BCUT2D eigenvalue weighted by Crippen LogP contribution is 2.20. The number of ether oxygens (including phenoxy) is 1. The number of carbonyl (C=O) groups is 1. The molecule has 0 saturated carbocycles. The Balaban J connectivity index is 1.56. The molecule has 2 aromatic rings. The molecule has 1 amide bonds. The van der Waals surface area contributed by atoms with Crippen LogP contribution >= 0.6 is 0 Å². The summed E-state index contributed by atoms with van der Waals surface area (Å²) in [5, 5.41) is 6.84. The summed E-state index contributed by atoms with van der Waals surface area (Å²) in [4.78, 5) is 16.6. The Kier molecular flexibility index (Phi) is 5.22. The van der Waals surface area contributed by atoms with Crippen LogP contribution in [0.3, 0.4) is 0 Å². The Hall–Kier alpha value is -2.25. The first-order chi connectivity index (χ1) is 11.7. The number of hydrogen-bond donors (Lipinski definition) is 2. The maximum Gasteiger partial charge on any atom is 0.249 e. The molecule has 1 unspecified atom stereocenters. The molecule has 2 heterocycles. The number of amides is 1. The second-order valence-electron chi connectivity index (χ2n) is 6.00. The second kappa shape index (κ2) is 7.55. The van der Waals surface area contributed by atoms with E-state index in [2.05, 4.69) is 15.5 Å². The zero-order valence-electron chi connectivity index (χ0n) is 13.6. The summed E-state index contributed by atoms with van der Waals surface area (Å²) < 4.78 is 10.9. The van der Waals surface area contributed by atoms with Crippen molar-refractivity contribution < 1.29 is 14.1 Å². The van der Waals surface area contributed by atoms with Crippen LogP contribution in [0.4, 0.5) is 0 Å². The maximum atomic E-state index is 12.2. The average molecular weight is 330 g/mol. The van der Waals surface area contributed by atoms with Crippen molar-refractivity contribution in [1.29, 1.82) is 0 Å². The van der Waals surface area contributed by atoms with Gasteiger partial charge in [-0.15, -0.1) is 0 Å². The number of carbonyl (C=O) groups excluding carboxylic acids is 1. The molecule has 3 atom stereocenters. The molecule has 0 bridgehead atoms. The number of nitrogens with two attached hydrogens (primary N) is 1. The van der Waals surface area contributed by atoms with E-state index in [1.54, 1.807) is 0 Å². The molecule has 0 aliphatic carbocycles. The van der Waals surface area contributed by atoms with E-state index in [4.69, 9.17) is 15.0 Å². The van der Waals surface area contributed by atoms with E-state index >= 15 is 0 Å². The summed E-state index contributed by atoms with van der Waals surface area (Å²) in [6.07, 6.45) is 1.60. The largest absolute Gasteiger partial charge is 0.364 e. The summed E-state index contributed by atoms with van der Waals surface area (Å²) in [5.41, 5.74) is 6.67. The molecule has 7 nitrogen and oxygen atoms in total. The van der Waals surface area contributed by atoms with Crippen LogP contribution in [0.15, 0.2) is 34.9 Å². The van der Waals surface area contributed by atoms with Crippen molar-refractivity contribution in [2.45, 2.75) is 44.4 Å². The molecule has 1 aromatic carbocycles. The van der Waals surface area contributed by atoms with Gasteiger partial charge in [0.15, 0.2) is 5.82 Å². The number of aromatic nitrogens is 2. The van der Waals surface area contributed by atoms with Crippen LogP contribution in [0.25, 0.3) is 0 Å². The number of rotatable bonds is 6. The normalized spacial score (nSPS) is 21.6. The van der Waals surface area contributed by atoms with Gasteiger partial charge in [0, 0.05) is 13.0 Å². The molecule has 0 radical (unpaired) electrons. The molecular formula is C17H22N4O3. The van der Waals surface area contributed by atoms with Crippen molar-refractivity contribution in [2.75, 3.05) is 6.54 Å². The Morgan fingerprint density at radius 1 is 1.38 bits per heavy atom. The topological polar surface area (TPSA) is 103 Å². The first-order valence-corrected chi connectivity index (χ1v) is 8.18. The lowest BCUT2D eigenvalue weighted by Gasteiger charge is -2.15. The molecule has 0 spiro atoms. The smallest absolute Gasteiger partial charge is 0.249 e. The molecule has 7 heteroatoms. The van der Waals surface area contributed by atoms with Gasteiger partial charge in [-0.2, -0.15) is 4.98 Å². The minimum absolute atomic E-state index is 0.0306. The third kappa shape index (κ3) is 3.98. The van der Waals surface area contributed by atoms with E-state index in [0.29, 0.717) is 31.1 Å². The van der Waals surface area contributed by atoms with Gasteiger partial charge in [0.1, 0.15) is 12.1 Å². The van der Waals surface area contributed by atoms with Crippen molar-refractivity contribution >= 4 is 5.91 Å². The van der Waals surface area contributed by atoms with Crippen LogP contribution in [0.5, 0.6) is 0 Å². The minimum Gasteiger partial charge on any atom is -0.364 e. The van der Waals surface area contributed by atoms with Crippen molar-refractivity contribution in [3.63, 3.8) is 0 Å². The number of hydrogen-bond acceptors (Lipinski definition) is 6. The summed E-state index contributed by atoms with van der Waals surface area (Å²) >= 11 is 0. The van der Waals surface area contributed by atoms with Gasteiger partial charge < -0.3 is 20.3 Å². The fourth-order valence-electron chi connectivity index (χ4n) is 2.73. The lowest BCUT2D eigenvalue weighted by Crippen LogP contribution is -2.37. The molecule has 1 aromatic heterocycles. The van der Waals surface area contributed by atoms with Crippen LogP contribution in [-0.4, -0.2) is 34.8 Å². The molecule has 3 rings (SSSR count). The van der Waals surface area contributed by atoms with E-state index in [-0.39, 0.29) is 18.1 Å². The minimum atomic E-state index is -0.451. The van der Waals surface area contributed by atoms with Gasteiger partial charge in [0.05, 0.1) is 6.10 Å². The first-order valence-electron chi connectivity index (χ1n) is 8.18. The van der Waals surface area contributed by atoms with E-state index < -0.39 is 6.10 Å². The first kappa shape index (κ1) is 16.6. The summed E-state index contributed by atoms with van der Waals surface area (Å²) in [6, 6.07) is 9.54. The zero-order valence-corrected chi connectivity index (χ0v) is 13.6. The van der Waals surface area contributed by atoms with Crippen LogP contribution < -0.4 is 11.1 Å². The van der Waals surface area contributed by atoms with Crippen LogP contribution in [0.1, 0.15) is 43.1 Å². The van der Waals surface area contributed by atoms with E-state index in [1.165, 1.54) is 0 Å². The summed E-state index contributed by atoms with van der Waals surface area (Å²) in [6.45, 7) is 2.25. The molecule has 1 aliphatic heterocycles. The molecule has 1 saturated heterocycles. The maximum absolute atomic E-state index is 12.2. The van der Waals surface area contributed by atoms with Crippen LogP contribution in [-0.2, 0) is 16.0 Å². The molecule has 1 fully saturated rings. The Morgan fingerprint density at radius 2 is 2.17 bits per heavy atom. The molecule has 128 valence electrons. The zero-order chi connectivity index (χ0) is 16.9. The fourth-order valence-corrected chi connectivity index (χ4v) is 2.73. The standard InChI is InChI=1S/C17H22N4O3/c1-11(19-16(22)14-8-7-13(10-18)23-14)17-20-15(21-24-17)9-12-5-3-2-4-6-12/h2-6,11,13-14H,7-10,18H2,1H3,(H,19,22)/t11?,13-,14+/m1/s1. The SMILES string of the molecule is CC(NC(=O)[C@@H]1CC[C@H](CN)O1)c1nc(Cc2ccccc2)no1. The predicted molar refractivity (Wildman–Crippen MR) is 87.1 cm³/mol. The highest BCUT2D eigenvalue weighted by molar-refractivity contribution is 5.81. The number of benzene rings is 1. The van der Waals surface area contributed by atoms with Gasteiger partial charge in [-0.05, 0) is 25.3 Å². The lowest BCUT2D eigenvalue weighted by molar-refractivity contribution is -0.132. The van der Waals surface area contributed by atoms with Crippen molar-refractivity contribution in [2.24, 2.45) is 5.73 Å². The third-order valence-corrected chi connectivity index (χ3v) is 4.08. The van der Waals surface area contributed by atoms with Crippen molar-refractivity contribution in [3.05, 3.63) is 47.6 Å². The quantitative estimate of drug-likeness (QED) is 0.828. The Labute approximate surface area is 140 Å². The average Bonchev–Trinajstić information content (AvgIpc) is 3.25. The van der Waals surface area contributed by atoms with Crippen LogP contribution in [0, 0.1) is 0 Å². The van der Waals surface area contributed by atoms with Crippen molar-refractivity contribution in [3.8, 4) is 0 Å². The van der Waals surface area contributed by atoms with E-state index in [1.807, 2.05) is 37.3 Å². The van der Waals surface area contributed by atoms with Gasteiger partial charge >= 0.3 is 0 Å². The molecule has 3 N–H and O–H groups in total. The highest BCUT2D eigenvalue weighted by atomic mass is 16.5. The second-order valence-corrected chi connectivity index (χ2v) is 6.00. The lowest BCUT2D eigenvalue weighted by atomic mass is 10.1. The van der Waals surface area contributed by atoms with Gasteiger partial charge in [-0.25, -0.2) is 0 Å². The van der Waals surface area contributed by atoms with E-state index in [0.717, 1.165) is 12.0 Å².